The van der Waals surface area contributed by atoms with Crippen LogP contribution in [0.5, 0.6) is 0 Å². The van der Waals surface area contributed by atoms with Crippen LogP contribution in [0, 0.1) is 0 Å². The Hall–Kier alpha value is -0.870. The van der Waals surface area contributed by atoms with Crippen molar-refractivity contribution in [2.75, 3.05) is 11.9 Å². The normalized spacial score (nSPS) is 25.4. The van der Waals surface area contributed by atoms with Crippen LogP contribution in [-0.4, -0.2) is 34.3 Å². The van der Waals surface area contributed by atoms with E-state index in [0.29, 0.717) is 11.0 Å². The number of hydrogen-bond donors (Lipinski definition) is 1. The van der Waals surface area contributed by atoms with E-state index in [1.165, 1.54) is 0 Å². The van der Waals surface area contributed by atoms with Crippen molar-refractivity contribution in [1.82, 2.24) is 9.97 Å². The highest BCUT2D eigenvalue weighted by molar-refractivity contribution is 6.30. The molecule has 2 atom stereocenters. The molecule has 1 aliphatic rings. The van der Waals surface area contributed by atoms with E-state index < -0.39 is 0 Å². The van der Waals surface area contributed by atoms with E-state index in [1.807, 2.05) is 11.9 Å². The van der Waals surface area contributed by atoms with Crippen molar-refractivity contribution in [2.24, 2.45) is 0 Å². The summed E-state index contributed by atoms with van der Waals surface area (Å²) in [4.78, 5) is 10.3. The molecule has 0 saturated heterocycles. The molecule has 1 N–H and O–H groups in total. The van der Waals surface area contributed by atoms with Gasteiger partial charge in [0.2, 0.25) is 5.95 Å². The molecule has 1 heterocycles. The predicted octanol–water partition coefficient (Wildman–Crippen LogP) is 1.87. The van der Waals surface area contributed by atoms with Crippen molar-refractivity contribution in [3.63, 3.8) is 0 Å². The SMILES string of the molecule is CN(c1ncc(Cl)cn1)C1CCCCC1O. The van der Waals surface area contributed by atoms with Crippen molar-refractivity contribution in [3.8, 4) is 0 Å². The smallest absolute Gasteiger partial charge is 0.225 e. The van der Waals surface area contributed by atoms with E-state index in [1.54, 1.807) is 12.4 Å². The molecule has 0 amide bonds. The monoisotopic (exact) mass is 241 g/mol. The van der Waals surface area contributed by atoms with Gasteiger partial charge in [0.1, 0.15) is 0 Å². The van der Waals surface area contributed by atoms with Gasteiger partial charge >= 0.3 is 0 Å². The Morgan fingerprint density at radius 1 is 1.31 bits per heavy atom. The van der Waals surface area contributed by atoms with Gasteiger partial charge in [-0.3, -0.25) is 0 Å². The molecule has 1 saturated carbocycles. The second-order valence-corrected chi connectivity index (χ2v) is 4.67. The Kier molecular flexibility index (Phi) is 3.61. The van der Waals surface area contributed by atoms with Gasteiger partial charge in [0.15, 0.2) is 0 Å². The third-order valence-corrected chi connectivity index (χ3v) is 3.31. The van der Waals surface area contributed by atoms with E-state index in [9.17, 15) is 5.11 Å². The molecule has 0 aromatic carbocycles. The number of aromatic nitrogens is 2. The average Bonchev–Trinajstić information content (AvgIpc) is 2.30. The molecule has 16 heavy (non-hydrogen) atoms. The van der Waals surface area contributed by atoms with Gasteiger partial charge < -0.3 is 10.0 Å². The molecule has 2 rings (SSSR count). The maximum Gasteiger partial charge on any atom is 0.225 e. The van der Waals surface area contributed by atoms with Crippen LogP contribution in [0.4, 0.5) is 5.95 Å². The zero-order valence-corrected chi connectivity index (χ0v) is 10.1. The fourth-order valence-electron chi connectivity index (χ4n) is 2.18. The van der Waals surface area contributed by atoms with Crippen LogP contribution in [0.25, 0.3) is 0 Å². The summed E-state index contributed by atoms with van der Waals surface area (Å²) in [5.74, 6) is 0.621. The molecule has 5 heteroatoms. The Morgan fingerprint density at radius 2 is 1.94 bits per heavy atom. The van der Waals surface area contributed by atoms with Crippen LogP contribution < -0.4 is 4.90 Å². The topological polar surface area (TPSA) is 49.2 Å². The van der Waals surface area contributed by atoms with Crippen molar-refractivity contribution < 1.29 is 5.11 Å². The lowest BCUT2D eigenvalue weighted by molar-refractivity contribution is 0.105. The molecule has 88 valence electrons. The van der Waals surface area contributed by atoms with Crippen molar-refractivity contribution in [3.05, 3.63) is 17.4 Å². The number of rotatable bonds is 2. The molecule has 0 bridgehead atoms. The fourth-order valence-corrected chi connectivity index (χ4v) is 2.28. The van der Waals surface area contributed by atoms with Gasteiger partial charge in [0, 0.05) is 7.05 Å². The van der Waals surface area contributed by atoms with Gasteiger partial charge in [-0.1, -0.05) is 24.4 Å². The first-order valence-electron chi connectivity index (χ1n) is 5.57. The summed E-state index contributed by atoms with van der Waals surface area (Å²) in [7, 11) is 1.92. The first-order valence-corrected chi connectivity index (χ1v) is 5.94. The minimum absolute atomic E-state index is 0.120. The summed E-state index contributed by atoms with van der Waals surface area (Å²) in [6.45, 7) is 0. The molecule has 4 nitrogen and oxygen atoms in total. The highest BCUT2D eigenvalue weighted by Gasteiger charge is 2.27. The van der Waals surface area contributed by atoms with Gasteiger partial charge in [-0.25, -0.2) is 9.97 Å². The molecule has 1 aromatic rings. The number of halogens is 1. The van der Waals surface area contributed by atoms with Crippen molar-refractivity contribution in [1.29, 1.82) is 0 Å². The summed E-state index contributed by atoms with van der Waals surface area (Å²) < 4.78 is 0. The number of likely N-dealkylation sites (N-methyl/N-ethyl adjacent to an activating group) is 1. The second-order valence-electron chi connectivity index (χ2n) is 4.23. The van der Waals surface area contributed by atoms with Crippen LogP contribution >= 0.6 is 11.6 Å². The molecule has 0 radical (unpaired) electrons. The lowest BCUT2D eigenvalue weighted by Gasteiger charge is -2.35. The van der Waals surface area contributed by atoms with Gasteiger partial charge in [-0.2, -0.15) is 0 Å². The average molecular weight is 242 g/mol. The summed E-state index contributed by atoms with van der Waals surface area (Å²) in [5.41, 5.74) is 0. The molecule has 2 unspecified atom stereocenters. The number of nitrogens with zero attached hydrogens (tertiary/aromatic N) is 3. The Bertz CT molecular complexity index is 344. The van der Waals surface area contributed by atoms with E-state index in [-0.39, 0.29) is 12.1 Å². The Morgan fingerprint density at radius 3 is 2.56 bits per heavy atom. The van der Waals surface area contributed by atoms with Crippen molar-refractivity contribution >= 4 is 17.5 Å². The Labute approximate surface area is 100 Å². The quantitative estimate of drug-likeness (QED) is 0.859. The largest absolute Gasteiger partial charge is 0.391 e. The molecular weight excluding hydrogens is 226 g/mol. The summed E-state index contributed by atoms with van der Waals surface area (Å²) >= 11 is 5.74. The maximum absolute atomic E-state index is 9.93. The van der Waals surface area contributed by atoms with Gasteiger partial charge in [0.05, 0.1) is 29.6 Å². The summed E-state index contributed by atoms with van der Waals surface area (Å²) in [5, 5.41) is 10.5. The number of hydrogen-bond acceptors (Lipinski definition) is 4. The highest BCUT2D eigenvalue weighted by Crippen LogP contribution is 2.24. The molecular formula is C11H16ClN3O. The third kappa shape index (κ3) is 2.44. The first-order chi connectivity index (χ1) is 7.68. The molecule has 1 fully saturated rings. The Balaban J connectivity index is 2.11. The highest BCUT2D eigenvalue weighted by atomic mass is 35.5. The zero-order chi connectivity index (χ0) is 11.5. The number of aliphatic hydroxyl groups excluding tert-OH is 1. The molecule has 1 aliphatic carbocycles. The fraction of sp³-hybridized carbons (Fsp3) is 0.636. The van der Waals surface area contributed by atoms with Gasteiger partial charge in [-0.05, 0) is 12.8 Å². The van der Waals surface area contributed by atoms with Crippen LogP contribution in [-0.2, 0) is 0 Å². The summed E-state index contributed by atoms with van der Waals surface area (Å²) in [6, 6.07) is 0.120. The van der Waals surface area contributed by atoms with E-state index in [4.69, 9.17) is 11.6 Å². The second kappa shape index (κ2) is 4.97. The minimum Gasteiger partial charge on any atom is -0.391 e. The van der Waals surface area contributed by atoms with Crippen LogP contribution in [0.2, 0.25) is 5.02 Å². The van der Waals surface area contributed by atoms with Crippen LogP contribution in [0.15, 0.2) is 12.4 Å². The van der Waals surface area contributed by atoms with Gasteiger partial charge in [0.25, 0.3) is 0 Å². The van der Waals surface area contributed by atoms with Crippen molar-refractivity contribution in [2.45, 2.75) is 37.8 Å². The van der Waals surface area contributed by atoms with E-state index in [0.717, 1.165) is 25.7 Å². The van der Waals surface area contributed by atoms with Crippen LogP contribution in [0.3, 0.4) is 0 Å². The molecule has 1 aromatic heterocycles. The lowest BCUT2D eigenvalue weighted by atomic mass is 9.92. The molecule has 0 spiro atoms. The number of anilines is 1. The van der Waals surface area contributed by atoms with Crippen LogP contribution in [0.1, 0.15) is 25.7 Å². The lowest BCUT2D eigenvalue weighted by Crippen LogP contribution is -2.44. The van der Waals surface area contributed by atoms with E-state index >= 15 is 0 Å². The standard InChI is InChI=1S/C11H16ClN3O/c1-15(9-4-2-3-5-10(9)16)11-13-6-8(12)7-14-11/h6-7,9-10,16H,2-5H2,1H3. The predicted molar refractivity (Wildman–Crippen MR) is 63.7 cm³/mol. The molecule has 0 aliphatic heterocycles. The van der Waals surface area contributed by atoms with Gasteiger partial charge in [-0.15, -0.1) is 0 Å². The number of aliphatic hydroxyl groups is 1. The zero-order valence-electron chi connectivity index (χ0n) is 9.30. The third-order valence-electron chi connectivity index (χ3n) is 3.11. The van der Waals surface area contributed by atoms with E-state index in [2.05, 4.69) is 9.97 Å². The first kappa shape index (κ1) is 11.6. The maximum atomic E-state index is 9.93. The summed E-state index contributed by atoms with van der Waals surface area (Å²) in [6.07, 6.45) is 6.99. The minimum atomic E-state index is -0.280.